The Morgan fingerprint density at radius 3 is 2.50 bits per heavy atom. The van der Waals surface area contributed by atoms with Crippen molar-refractivity contribution in [2.24, 2.45) is 0 Å². The van der Waals surface area contributed by atoms with Crippen LogP contribution >= 0.6 is 46.6 Å². The third-order valence-corrected chi connectivity index (χ3v) is 2.59. The molecular formula is C8H5Cl4NO. The number of carbonyl (C=O) groups excluding carboxylic acids is 1. The normalized spacial score (nSPS) is 10.0. The van der Waals surface area contributed by atoms with Crippen LogP contribution in [0.4, 0.5) is 5.69 Å². The number of carbonyl (C=O) groups is 1. The molecule has 6 heteroatoms. The third kappa shape index (κ3) is 2.67. The molecule has 0 bridgehead atoms. The van der Waals surface area contributed by atoms with E-state index in [9.17, 15) is 4.79 Å². The molecule has 0 heterocycles. The van der Waals surface area contributed by atoms with Gasteiger partial charge >= 0.3 is 0 Å². The Morgan fingerprint density at radius 2 is 2.00 bits per heavy atom. The lowest BCUT2D eigenvalue weighted by atomic mass is 10.3. The van der Waals surface area contributed by atoms with Crippen molar-refractivity contribution in [3.05, 3.63) is 28.2 Å². The van der Waals surface area contributed by atoms with Gasteiger partial charge in [-0.2, -0.15) is 0 Å². The highest BCUT2D eigenvalue weighted by molar-refractivity contribution is 6.45. The van der Waals surface area contributed by atoms with Crippen LogP contribution in [0, 0.1) is 0 Å². The zero-order chi connectivity index (χ0) is 10.7. The molecular weight excluding hydrogens is 268 g/mol. The summed E-state index contributed by atoms with van der Waals surface area (Å²) < 4.78 is 0.867. The van der Waals surface area contributed by atoms with Crippen LogP contribution in [-0.4, -0.2) is 11.8 Å². The van der Waals surface area contributed by atoms with Gasteiger partial charge in [-0.1, -0.05) is 23.2 Å². The molecule has 1 aromatic carbocycles. The van der Waals surface area contributed by atoms with Crippen LogP contribution in [0.15, 0.2) is 18.2 Å². The van der Waals surface area contributed by atoms with Crippen LogP contribution in [0.2, 0.25) is 10.0 Å². The van der Waals surface area contributed by atoms with E-state index < -0.39 is 5.91 Å². The minimum atomic E-state index is -0.447. The van der Waals surface area contributed by atoms with Crippen LogP contribution in [0.3, 0.4) is 0 Å². The summed E-state index contributed by atoms with van der Waals surface area (Å²) in [6.45, 7) is 0. The van der Waals surface area contributed by atoms with Gasteiger partial charge in [0, 0.05) is 16.8 Å². The summed E-state index contributed by atoms with van der Waals surface area (Å²) in [5.74, 6) is -0.653. The van der Waals surface area contributed by atoms with E-state index in [1.165, 1.54) is 6.07 Å². The molecule has 76 valence electrons. The highest BCUT2D eigenvalue weighted by Crippen LogP contribution is 2.30. The van der Waals surface area contributed by atoms with Gasteiger partial charge in [0.25, 0.3) is 5.91 Å². The molecule has 0 aliphatic rings. The van der Waals surface area contributed by atoms with E-state index in [2.05, 4.69) is 0 Å². The van der Waals surface area contributed by atoms with Crippen molar-refractivity contribution >= 4 is 58.2 Å². The van der Waals surface area contributed by atoms with Gasteiger partial charge in [0.2, 0.25) is 0 Å². The summed E-state index contributed by atoms with van der Waals surface area (Å²) in [6, 6.07) is 4.62. The van der Waals surface area contributed by atoms with E-state index in [0.717, 1.165) is 4.42 Å². The monoisotopic (exact) mass is 271 g/mol. The number of benzene rings is 1. The van der Waals surface area contributed by atoms with Crippen molar-refractivity contribution in [2.45, 2.75) is 0 Å². The standard InChI is InChI=1S/C8H5Cl4NO/c9-4-8(14)13(12)7-2-1-5(10)3-6(7)11/h1-3H,4H2. The maximum Gasteiger partial charge on any atom is 0.256 e. The molecule has 1 aromatic rings. The summed E-state index contributed by atoms with van der Waals surface area (Å²) >= 11 is 22.5. The molecule has 0 aliphatic carbocycles. The van der Waals surface area contributed by atoms with E-state index >= 15 is 0 Å². The topological polar surface area (TPSA) is 20.3 Å². The molecule has 0 saturated heterocycles. The Morgan fingerprint density at radius 1 is 1.36 bits per heavy atom. The highest BCUT2D eigenvalue weighted by Gasteiger charge is 2.15. The minimum absolute atomic E-state index is 0.206. The Kier molecular flexibility index (Phi) is 4.32. The van der Waals surface area contributed by atoms with Crippen molar-refractivity contribution < 1.29 is 4.79 Å². The molecule has 0 saturated carbocycles. The van der Waals surface area contributed by atoms with Crippen molar-refractivity contribution in [2.75, 3.05) is 10.3 Å². The van der Waals surface area contributed by atoms with E-state index in [-0.39, 0.29) is 5.88 Å². The fourth-order valence-electron chi connectivity index (χ4n) is 0.827. The molecule has 0 aliphatic heterocycles. The molecule has 0 spiro atoms. The Balaban J connectivity index is 3.01. The largest absolute Gasteiger partial charge is 0.272 e. The molecule has 0 N–H and O–H groups in total. The zero-order valence-corrected chi connectivity index (χ0v) is 9.83. The van der Waals surface area contributed by atoms with E-state index in [1.54, 1.807) is 12.1 Å². The molecule has 1 amide bonds. The van der Waals surface area contributed by atoms with Gasteiger partial charge in [-0.25, -0.2) is 4.42 Å². The Hall–Kier alpha value is -0.150. The molecule has 1 rings (SSSR count). The first-order chi connectivity index (χ1) is 6.56. The molecule has 0 fully saturated rings. The first-order valence-electron chi connectivity index (χ1n) is 3.56. The Bertz CT molecular complexity index is 355. The van der Waals surface area contributed by atoms with Gasteiger partial charge in [-0.15, -0.1) is 11.6 Å². The van der Waals surface area contributed by atoms with E-state index in [4.69, 9.17) is 46.6 Å². The van der Waals surface area contributed by atoms with E-state index in [0.29, 0.717) is 15.7 Å². The average molecular weight is 273 g/mol. The number of halogens is 4. The maximum atomic E-state index is 11.1. The summed E-state index contributed by atoms with van der Waals surface area (Å²) in [4.78, 5) is 11.1. The smallest absolute Gasteiger partial charge is 0.256 e. The third-order valence-electron chi connectivity index (χ3n) is 1.45. The van der Waals surface area contributed by atoms with Gasteiger partial charge in [0.1, 0.15) is 5.88 Å². The summed E-state index contributed by atoms with van der Waals surface area (Å²) in [6.07, 6.45) is 0. The summed E-state index contributed by atoms with van der Waals surface area (Å²) in [7, 11) is 0. The number of anilines is 1. The molecule has 0 aromatic heterocycles. The predicted molar refractivity (Wildman–Crippen MR) is 60.5 cm³/mol. The van der Waals surface area contributed by atoms with Crippen LogP contribution in [-0.2, 0) is 4.79 Å². The van der Waals surface area contributed by atoms with Gasteiger partial charge < -0.3 is 0 Å². The molecule has 14 heavy (non-hydrogen) atoms. The van der Waals surface area contributed by atoms with Gasteiger partial charge in [0.15, 0.2) is 0 Å². The van der Waals surface area contributed by atoms with Crippen molar-refractivity contribution in [3.63, 3.8) is 0 Å². The molecule has 0 atom stereocenters. The summed E-state index contributed by atoms with van der Waals surface area (Å²) in [5, 5.41) is 0.771. The van der Waals surface area contributed by atoms with Crippen LogP contribution in [0.25, 0.3) is 0 Å². The van der Waals surface area contributed by atoms with Crippen molar-refractivity contribution in [1.82, 2.24) is 0 Å². The number of amides is 1. The second-order valence-corrected chi connectivity index (χ2v) is 3.85. The number of hydrogen-bond donors (Lipinski definition) is 0. The lowest BCUT2D eigenvalue weighted by molar-refractivity contribution is -0.115. The number of alkyl halides is 1. The van der Waals surface area contributed by atoms with Crippen molar-refractivity contribution in [1.29, 1.82) is 0 Å². The second kappa shape index (κ2) is 5.08. The number of hydrogen-bond acceptors (Lipinski definition) is 1. The summed E-state index contributed by atoms with van der Waals surface area (Å²) in [5.41, 5.74) is 0.364. The number of rotatable bonds is 2. The first-order valence-corrected chi connectivity index (χ1v) is 5.19. The lowest BCUT2D eigenvalue weighted by Gasteiger charge is -2.13. The predicted octanol–water partition coefficient (Wildman–Crippen LogP) is 3.72. The SMILES string of the molecule is O=C(CCl)N(Cl)c1ccc(Cl)cc1Cl. The minimum Gasteiger partial charge on any atom is -0.272 e. The van der Waals surface area contributed by atoms with E-state index in [1.807, 2.05) is 0 Å². The molecule has 2 nitrogen and oxygen atoms in total. The second-order valence-electron chi connectivity index (χ2n) is 2.40. The van der Waals surface area contributed by atoms with Gasteiger partial charge in [0.05, 0.1) is 10.7 Å². The fourth-order valence-corrected chi connectivity index (χ4v) is 1.75. The zero-order valence-electron chi connectivity index (χ0n) is 6.81. The van der Waals surface area contributed by atoms with Crippen LogP contribution < -0.4 is 4.42 Å². The lowest BCUT2D eigenvalue weighted by Crippen LogP contribution is -2.21. The molecule has 0 unspecified atom stereocenters. The van der Waals surface area contributed by atoms with Crippen LogP contribution in [0.5, 0.6) is 0 Å². The quantitative estimate of drug-likeness (QED) is 0.594. The fraction of sp³-hybridized carbons (Fsp3) is 0.125. The first kappa shape index (κ1) is 11.9. The molecule has 0 radical (unpaired) electrons. The number of nitrogens with zero attached hydrogens (tertiary/aromatic N) is 1. The van der Waals surface area contributed by atoms with Gasteiger partial charge in [-0.05, 0) is 18.2 Å². The maximum absolute atomic E-state index is 11.1. The Labute approximate surface area is 101 Å². The van der Waals surface area contributed by atoms with Crippen LogP contribution in [0.1, 0.15) is 0 Å². The average Bonchev–Trinajstić information content (AvgIpc) is 2.15. The van der Waals surface area contributed by atoms with Gasteiger partial charge in [-0.3, -0.25) is 4.79 Å². The van der Waals surface area contributed by atoms with Crippen molar-refractivity contribution in [3.8, 4) is 0 Å². The highest BCUT2D eigenvalue weighted by atomic mass is 35.5.